The number of nitrogens with zero attached hydrogens (tertiary/aromatic N) is 1. The van der Waals surface area contributed by atoms with Gasteiger partial charge in [-0.25, -0.2) is 0 Å². The van der Waals surface area contributed by atoms with Crippen LogP contribution in [-0.4, -0.2) is 0 Å². The molecule has 0 N–H and O–H groups in total. The van der Waals surface area contributed by atoms with Gasteiger partial charge in [-0.1, -0.05) is 188 Å². The normalized spacial score (nSPS) is 22.1. The quantitative estimate of drug-likeness (QED) is 0.144. The smallest absolute Gasteiger partial charge is 0.0546 e. The van der Waals surface area contributed by atoms with Gasteiger partial charge in [0, 0.05) is 22.1 Å². The van der Waals surface area contributed by atoms with E-state index in [-0.39, 0.29) is 5.41 Å². The molecular formula is C66H53N. The van der Waals surface area contributed by atoms with Gasteiger partial charge in [0.25, 0.3) is 0 Å². The highest BCUT2D eigenvalue weighted by Gasteiger charge is 2.62. The highest BCUT2D eigenvalue weighted by atomic mass is 15.1. The molecule has 4 saturated carbocycles. The zero-order valence-corrected chi connectivity index (χ0v) is 37.9. The van der Waals surface area contributed by atoms with E-state index >= 15 is 0 Å². The Labute approximate surface area is 394 Å². The summed E-state index contributed by atoms with van der Waals surface area (Å²) < 4.78 is 0. The van der Waals surface area contributed by atoms with Gasteiger partial charge in [0.2, 0.25) is 0 Å². The average molecular weight is 860 g/mol. The lowest BCUT2D eigenvalue weighted by atomic mass is 9.42. The van der Waals surface area contributed by atoms with Crippen molar-refractivity contribution in [3.8, 4) is 44.5 Å². The van der Waals surface area contributed by atoms with Crippen LogP contribution in [0.3, 0.4) is 0 Å². The third kappa shape index (κ3) is 6.00. The van der Waals surface area contributed by atoms with Gasteiger partial charge in [-0.15, -0.1) is 0 Å². The summed E-state index contributed by atoms with van der Waals surface area (Å²) >= 11 is 0. The van der Waals surface area contributed by atoms with E-state index in [1.54, 1.807) is 16.7 Å². The number of rotatable bonds is 7. The molecule has 6 aliphatic carbocycles. The first-order chi connectivity index (χ1) is 33.2. The maximum atomic E-state index is 2.66. The molecule has 0 aromatic heterocycles. The van der Waals surface area contributed by atoms with Gasteiger partial charge in [-0.05, 0) is 171 Å². The molecule has 4 fully saturated rings. The zero-order valence-electron chi connectivity index (χ0n) is 37.9. The van der Waals surface area contributed by atoms with Crippen molar-refractivity contribution in [2.75, 3.05) is 4.90 Å². The second-order valence-corrected chi connectivity index (χ2v) is 20.3. The van der Waals surface area contributed by atoms with Crippen molar-refractivity contribution in [1.82, 2.24) is 0 Å². The van der Waals surface area contributed by atoms with Crippen molar-refractivity contribution in [2.45, 2.75) is 50.4 Å². The van der Waals surface area contributed by atoms with E-state index in [0.717, 1.165) is 35.0 Å². The minimum absolute atomic E-state index is 0.231. The highest BCUT2D eigenvalue weighted by Crippen LogP contribution is 2.70. The van der Waals surface area contributed by atoms with Crippen molar-refractivity contribution < 1.29 is 0 Å². The molecule has 1 heteroatoms. The van der Waals surface area contributed by atoms with Crippen molar-refractivity contribution in [3.05, 3.63) is 229 Å². The largest absolute Gasteiger partial charge is 0.309 e. The van der Waals surface area contributed by atoms with Crippen molar-refractivity contribution >= 4 is 44.2 Å². The van der Waals surface area contributed by atoms with Gasteiger partial charge in [0.05, 0.1) is 11.4 Å². The van der Waals surface area contributed by atoms with Crippen LogP contribution < -0.4 is 4.90 Å². The van der Waals surface area contributed by atoms with Crippen LogP contribution in [0.25, 0.3) is 71.6 Å². The first-order valence-electron chi connectivity index (χ1n) is 24.9. The van der Waals surface area contributed by atoms with Gasteiger partial charge in [0.15, 0.2) is 0 Å². The molecule has 322 valence electrons. The summed E-state index contributed by atoms with van der Waals surface area (Å²) in [6.07, 6.45) is 14.6. The first kappa shape index (κ1) is 39.0. The minimum Gasteiger partial charge on any atom is -0.309 e. The summed E-state index contributed by atoms with van der Waals surface area (Å²) in [6.45, 7) is 0. The lowest BCUT2D eigenvalue weighted by Crippen LogP contribution is -2.55. The summed E-state index contributed by atoms with van der Waals surface area (Å²) in [6, 6.07) is 75.1. The summed E-state index contributed by atoms with van der Waals surface area (Å²) in [5.74, 6) is 3.48. The molecule has 9 aromatic rings. The SMILES string of the molecule is C1=CC2=C(CC1)C1(c3cc(-c4ccc(N(c5ccccc5-c5ccccc5-c5ccccc5-c5ccccc5)c5cc6ccccc6c6ccccc56)cc4)ccc32)C2CC3CC(C2)CC1C3. The van der Waals surface area contributed by atoms with Gasteiger partial charge in [-0.2, -0.15) is 0 Å². The molecular weight excluding hydrogens is 807 g/mol. The average Bonchev–Trinajstić information content (AvgIpc) is 3.68. The maximum Gasteiger partial charge on any atom is 0.0546 e. The van der Waals surface area contributed by atoms with Gasteiger partial charge in [-0.3, -0.25) is 0 Å². The predicted molar refractivity (Wildman–Crippen MR) is 282 cm³/mol. The van der Waals surface area contributed by atoms with E-state index in [1.165, 1.54) is 122 Å². The number of fused-ring (bicyclic) bond motifs is 5. The molecule has 67 heavy (non-hydrogen) atoms. The monoisotopic (exact) mass is 859 g/mol. The fourth-order valence-corrected chi connectivity index (χ4v) is 14.5. The van der Waals surface area contributed by atoms with Crippen LogP contribution in [0.4, 0.5) is 17.1 Å². The molecule has 1 spiro atoms. The van der Waals surface area contributed by atoms with E-state index in [2.05, 4.69) is 217 Å². The molecule has 0 aliphatic heterocycles. The Morgan fingerprint density at radius 2 is 0.985 bits per heavy atom. The van der Waals surface area contributed by atoms with E-state index in [1.807, 2.05) is 0 Å². The Bertz CT molecular complexity index is 3450. The lowest BCUT2D eigenvalue weighted by molar-refractivity contribution is -0.0433. The van der Waals surface area contributed by atoms with Crippen molar-refractivity contribution in [1.29, 1.82) is 0 Å². The number of anilines is 3. The second-order valence-electron chi connectivity index (χ2n) is 20.3. The lowest BCUT2D eigenvalue weighted by Gasteiger charge is -2.62. The van der Waals surface area contributed by atoms with Crippen LogP contribution in [0.5, 0.6) is 0 Å². The van der Waals surface area contributed by atoms with Crippen LogP contribution in [0.1, 0.15) is 56.1 Å². The molecule has 0 saturated heterocycles. The fourth-order valence-electron chi connectivity index (χ4n) is 14.5. The molecule has 0 atom stereocenters. The topological polar surface area (TPSA) is 3.24 Å². The Hall–Kier alpha value is -7.22. The van der Waals surface area contributed by atoms with Crippen LogP contribution >= 0.6 is 0 Å². The Balaban J connectivity index is 0.933. The minimum atomic E-state index is 0.231. The number of hydrogen-bond acceptors (Lipinski definition) is 1. The van der Waals surface area contributed by atoms with Crippen LogP contribution in [0.15, 0.2) is 218 Å². The van der Waals surface area contributed by atoms with Gasteiger partial charge >= 0.3 is 0 Å². The number of para-hydroxylation sites is 1. The predicted octanol–water partition coefficient (Wildman–Crippen LogP) is 17.9. The number of benzene rings is 9. The molecule has 0 amide bonds. The van der Waals surface area contributed by atoms with Crippen LogP contribution in [0, 0.1) is 23.7 Å². The molecule has 0 radical (unpaired) electrons. The standard InChI is InChI=1S/C66H53N/c1-2-16-46(17-3-1)52-19-6-7-21-54(52)56-23-8-9-24-57(56)60-26-13-15-29-64(60)67(65-42-48-18-4-5-20-53(48)55-22-10-11-27-61(55)65)51-33-30-45(31-34-51)47-32-35-59-58-25-12-14-28-62(58)66(63(59)41-47)49-37-43-36-44(39-49)40-50(66)38-43/h1-13,15-27,29-35,41-44,49-50H,14,28,36-40H2. The van der Waals surface area contributed by atoms with E-state index in [0.29, 0.717) is 0 Å². The Kier molecular flexibility index (Phi) is 8.98. The molecule has 9 aromatic carbocycles. The van der Waals surface area contributed by atoms with Gasteiger partial charge in [0.1, 0.15) is 0 Å². The highest BCUT2D eigenvalue weighted by molar-refractivity contribution is 6.15. The molecule has 15 rings (SSSR count). The third-order valence-corrected chi connectivity index (χ3v) is 17.0. The van der Waals surface area contributed by atoms with E-state index < -0.39 is 0 Å². The molecule has 4 bridgehead atoms. The van der Waals surface area contributed by atoms with Gasteiger partial charge < -0.3 is 4.90 Å². The van der Waals surface area contributed by atoms with Crippen LogP contribution in [-0.2, 0) is 5.41 Å². The summed E-state index contributed by atoms with van der Waals surface area (Å²) in [5, 5.41) is 4.99. The van der Waals surface area contributed by atoms with Crippen LogP contribution in [0.2, 0.25) is 0 Å². The molecule has 0 unspecified atom stereocenters. The second kappa shape index (κ2) is 15.4. The molecule has 0 heterocycles. The molecule has 1 nitrogen and oxygen atoms in total. The van der Waals surface area contributed by atoms with E-state index in [4.69, 9.17) is 0 Å². The van der Waals surface area contributed by atoms with Crippen molar-refractivity contribution in [2.24, 2.45) is 23.7 Å². The zero-order chi connectivity index (χ0) is 44.1. The fraction of sp³-hybridized carbons (Fsp3) is 0.182. The number of hydrogen-bond donors (Lipinski definition) is 0. The maximum absolute atomic E-state index is 2.66. The summed E-state index contributed by atoms with van der Waals surface area (Å²) in [4.78, 5) is 2.53. The Morgan fingerprint density at radius 3 is 1.73 bits per heavy atom. The summed E-state index contributed by atoms with van der Waals surface area (Å²) in [7, 11) is 0. The summed E-state index contributed by atoms with van der Waals surface area (Å²) in [5.41, 5.74) is 20.1. The van der Waals surface area contributed by atoms with E-state index in [9.17, 15) is 0 Å². The van der Waals surface area contributed by atoms with Crippen molar-refractivity contribution in [3.63, 3.8) is 0 Å². The Morgan fingerprint density at radius 1 is 0.403 bits per heavy atom. The first-order valence-corrected chi connectivity index (χ1v) is 24.9. The third-order valence-electron chi connectivity index (χ3n) is 17.0. The molecule has 6 aliphatic rings. The number of allylic oxidation sites excluding steroid dienone is 4.